The second-order valence-electron chi connectivity index (χ2n) is 6.40. The number of aryl methyl sites for hydroxylation is 1. The summed E-state index contributed by atoms with van der Waals surface area (Å²) in [6.07, 6.45) is 3.66. The van der Waals surface area contributed by atoms with Crippen LogP contribution >= 0.6 is 11.8 Å². The maximum Gasteiger partial charge on any atom is 0.161 e. The third kappa shape index (κ3) is 3.34. The molecule has 1 saturated heterocycles. The van der Waals surface area contributed by atoms with Crippen molar-refractivity contribution in [3.63, 3.8) is 0 Å². The van der Waals surface area contributed by atoms with Gasteiger partial charge in [-0.05, 0) is 18.7 Å². The van der Waals surface area contributed by atoms with E-state index in [1.54, 1.807) is 18.1 Å². The topological polar surface area (TPSA) is 60.9 Å². The number of aromatic amines is 1. The lowest BCUT2D eigenvalue weighted by Crippen LogP contribution is -2.46. The van der Waals surface area contributed by atoms with Crippen LogP contribution in [-0.2, 0) is 6.54 Å². The number of piperazine rings is 1. The fraction of sp³-hybridized carbons (Fsp3) is 0.389. The van der Waals surface area contributed by atoms with E-state index in [1.165, 1.54) is 11.1 Å². The summed E-state index contributed by atoms with van der Waals surface area (Å²) < 4.78 is 0. The minimum absolute atomic E-state index is 0.816. The molecule has 0 aliphatic carbocycles. The zero-order valence-corrected chi connectivity index (χ0v) is 15.4. The summed E-state index contributed by atoms with van der Waals surface area (Å²) in [5.74, 6) is 0.998. The number of thioether (sulfide) groups is 1. The van der Waals surface area contributed by atoms with Crippen LogP contribution in [0, 0.1) is 6.92 Å². The van der Waals surface area contributed by atoms with Crippen molar-refractivity contribution in [3.05, 3.63) is 41.7 Å². The average Bonchev–Trinajstić information content (AvgIpc) is 3.08. The number of H-pyrrole nitrogens is 1. The Hall–Kier alpha value is -2.12. The van der Waals surface area contributed by atoms with Gasteiger partial charge in [-0.1, -0.05) is 29.8 Å². The second kappa shape index (κ2) is 7.01. The summed E-state index contributed by atoms with van der Waals surface area (Å²) in [6.45, 7) is 7.14. The SMILES string of the molecule is CSc1n[nH]c2ncnc(N3CCN(Cc4ccc(C)cc4)CC3)c12. The first kappa shape index (κ1) is 16.4. The highest BCUT2D eigenvalue weighted by Crippen LogP contribution is 2.30. The monoisotopic (exact) mass is 354 g/mol. The fourth-order valence-corrected chi connectivity index (χ4v) is 3.80. The molecule has 0 unspecified atom stereocenters. The van der Waals surface area contributed by atoms with Gasteiger partial charge in [-0.25, -0.2) is 9.97 Å². The third-order valence-corrected chi connectivity index (χ3v) is 5.38. The molecule has 4 rings (SSSR count). The standard InChI is InChI=1S/C18H22N6S/c1-13-3-5-14(6-4-13)11-23-7-9-24(10-8-23)17-15-16(19-12-20-17)21-22-18(15)25-2/h3-6,12H,7-11H2,1-2H3,(H,19,20,21,22). The number of benzene rings is 1. The van der Waals surface area contributed by atoms with Gasteiger partial charge in [0.2, 0.25) is 0 Å². The molecule has 7 heteroatoms. The highest BCUT2D eigenvalue weighted by Gasteiger charge is 2.22. The zero-order valence-electron chi connectivity index (χ0n) is 14.6. The molecule has 1 fully saturated rings. The minimum Gasteiger partial charge on any atom is -0.353 e. The summed E-state index contributed by atoms with van der Waals surface area (Å²) >= 11 is 1.63. The molecule has 0 radical (unpaired) electrons. The Kier molecular flexibility index (Phi) is 4.59. The van der Waals surface area contributed by atoms with Crippen molar-refractivity contribution in [2.75, 3.05) is 37.3 Å². The van der Waals surface area contributed by atoms with Gasteiger partial charge < -0.3 is 4.90 Å². The van der Waals surface area contributed by atoms with Crippen molar-refractivity contribution in [2.24, 2.45) is 0 Å². The first-order valence-corrected chi connectivity index (χ1v) is 9.73. The van der Waals surface area contributed by atoms with Gasteiger partial charge in [0.15, 0.2) is 5.65 Å². The molecule has 0 amide bonds. The Morgan fingerprint density at radius 2 is 1.84 bits per heavy atom. The van der Waals surface area contributed by atoms with E-state index >= 15 is 0 Å². The summed E-state index contributed by atoms with van der Waals surface area (Å²) in [5, 5.41) is 9.36. The smallest absolute Gasteiger partial charge is 0.161 e. The lowest BCUT2D eigenvalue weighted by Gasteiger charge is -2.35. The number of nitrogens with one attached hydrogen (secondary N) is 1. The number of hydrogen-bond acceptors (Lipinski definition) is 6. The molecule has 3 heterocycles. The van der Waals surface area contributed by atoms with Crippen LogP contribution in [0.1, 0.15) is 11.1 Å². The zero-order chi connectivity index (χ0) is 17.2. The Morgan fingerprint density at radius 3 is 2.56 bits per heavy atom. The molecular formula is C18H22N6S. The molecule has 130 valence electrons. The Labute approximate surface area is 151 Å². The summed E-state index contributed by atoms with van der Waals surface area (Å²) in [5.41, 5.74) is 3.51. The number of anilines is 1. The van der Waals surface area contributed by atoms with Crippen molar-refractivity contribution in [1.29, 1.82) is 0 Å². The molecule has 25 heavy (non-hydrogen) atoms. The average molecular weight is 354 g/mol. The molecule has 0 saturated carbocycles. The van der Waals surface area contributed by atoms with Crippen molar-refractivity contribution in [1.82, 2.24) is 25.1 Å². The van der Waals surface area contributed by atoms with Gasteiger partial charge in [0, 0.05) is 32.7 Å². The van der Waals surface area contributed by atoms with E-state index < -0.39 is 0 Å². The van der Waals surface area contributed by atoms with E-state index in [9.17, 15) is 0 Å². The number of hydrogen-bond donors (Lipinski definition) is 1. The first-order chi connectivity index (χ1) is 12.2. The Balaban J connectivity index is 1.47. The van der Waals surface area contributed by atoms with Crippen molar-refractivity contribution >= 4 is 28.6 Å². The van der Waals surface area contributed by atoms with Crippen LogP contribution in [0.5, 0.6) is 0 Å². The molecule has 1 N–H and O–H groups in total. The number of nitrogens with zero attached hydrogens (tertiary/aromatic N) is 5. The lowest BCUT2D eigenvalue weighted by molar-refractivity contribution is 0.249. The van der Waals surface area contributed by atoms with Crippen LogP contribution in [0.25, 0.3) is 11.0 Å². The van der Waals surface area contributed by atoms with E-state index in [4.69, 9.17) is 0 Å². The molecule has 1 aliphatic heterocycles. The van der Waals surface area contributed by atoms with Gasteiger partial charge in [0.05, 0.1) is 5.39 Å². The third-order valence-electron chi connectivity index (χ3n) is 4.70. The van der Waals surface area contributed by atoms with E-state index in [-0.39, 0.29) is 0 Å². The van der Waals surface area contributed by atoms with Gasteiger partial charge >= 0.3 is 0 Å². The molecule has 0 bridgehead atoms. The summed E-state index contributed by atoms with van der Waals surface area (Å²) in [6, 6.07) is 8.83. The van der Waals surface area contributed by atoms with Crippen molar-refractivity contribution in [3.8, 4) is 0 Å². The molecule has 3 aromatic rings. The predicted octanol–water partition coefficient (Wildman–Crippen LogP) is 2.71. The Morgan fingerprint density at radius 1 is 1.08 bits per heavy atom. The number of rotatable bonds is 4. The molecule has 6 nitrogen and oxygen atoms in total. The second-order valence-corrected chi connectivity index (χ2v) is 7.20. The maximum absolute atomic E-state index is 4.55. The number of aromatic nitrogens is 4. The largest absolute Gasteiger partial charge is 0.353 e. The van der Waals surface area contributed by atoms with Crippen LogP contribution in [0.4, 0.5) is 5.82 Å². The summed E-state index contributed by atoms with van der Waals surface area (Å²) in [7, 11) is 0. The van der Waals surface area contributed by atoms with Crippen LogP contribution in [0.2, 0.25) is 0 Å². The highest BCUT2D eigenvalue weighted by molar-refractivity contribution is 7.98. The maximum atomic E-state index is 4.55. The normalized spacial score (nSPS) is 15.8. The van der Waals surface area contributed by atoms with Crippen LogP contribution < -0.4 is 4.90 Å². The van der Waals surface area contributed by atoms with Crippen LogP contribution in [0.15, 0.2) is 35.6 Å². The predicted molar refractivity (Wildman–Crippen MR) is 102 cm³/mol. The van der Waals surface area contributed by atoms with Gasteiger partial charge in [-0.15, -0.1) is 11.8 Å². The molecule has 0 spiro atoms. The highest BCUT2D eigenvalue weighted by atomic mass is 32.2. The van der Waals surface area contributed by atoms with Gasteiger partial charge in [-0.2, -0.15) is 5.10 Å². The van der Waals surface area contributed by atoms with E-state index in [2.05, 4.69) is 61.2 Å². The quantitative estimate of drug-likeness (QED) is 0.727. The molecular weight excluding hydrogens is 332 g/mol. The van der Waals surface area contributed by atoms with Gasteiger partial charge in [0.1, 0.15) is 17.2 Å². The van der Waals surface area contributed by atoms with E-state index in [0.717, 1.165) is 54.6 Å². The molecule has 0 atom stereocenters. The first-order valence-electron chi connectivity index (χ1n) is 8.50. The van der Waals surface area contributed by atoms with Crippen molar-refractivity contribution in [2.45, 2.75) is 18.5 Å². The van der Waals surface area contributed by atoms with Crippen LogP contribution in [-0.4, -0.2) is 57.5 Å². The molecule has 1 aromatic carbocycles. The van der Waals surface area contributed by atoms with Gasteiger partial charge in [0.25, 0.3) is 0 Å². The van der Waals surface area contributed by atoms with Gasteiger partial charge in [-0.3, -0.25) is 10.00 Å². The summed E-state index contributed by atoms with van der Waals surface area (Å²) in [4.78, 5) is 13.7. The fourth-order valence-electron chi connectivity index (χ4n) is 3.27. The van der Waals surface area contributed by atoms with E-state index in [1.807, 2.05) is 6.26 Å². The molecule has 1 aliphatic rings. The van der Waals surface area contributed by atoms with E-state index in [0.29, 0.717) is 0 Å². The van der Waals surface area contributed by atoms with Crippen molar-refractivity contribution < 1.29 is 0 Å². The minimum atomic E-state index is 0.816. The number of fused-ring (bicyclic) bond motifs is 1. The van der Waals surface area contributed by atoms with Crippen LogP contribution in [0.3, 0.4) is 0 Å². The lowest BCUT2D eigenvalue weighted by atomic mass is 10.1. The Bertz CT molecular complexity index is 852. The molecule has 2 aromatic heterocycles.